The molecular weight excluding hydrogens is 392 g/mol. The molecule has 1 aliphatic rings. The minimum atomic E-state index is -0.614. The lowest BCUT2D eigenvalue weighted by molar-refractivity contribution is -0.133. The third-order valence-electron chi connectivity index (χ3n) is 4.48. The van der Waals surface area contributed by atoms with Crippen LogP contribution >= 0.6 is 11.8 Å². The number of amides is 2. The molecule has 0 spiro atoms. The van der Waals surface area contributed by atoms with E-state index < -0.39 is 5.97 Å². The Hall–Kier alpha value is -3.00. The van der Waals surface area contributed by atoms with Crippen molar-refractivity contribution in [2.75, 3.05) is 26.1 Å². The Morgan fingerprint density at radius 3 is 2.59 bits per heavy atom. The highest BCUT2D eigenvalue weighted by molar-refractivity contribution is 8.00. The number of carbonyl (C=O) groups excluding carboxylic acids is 3. The van der Waals surface area contributed by atoms with E-state index in [-0.39, 0.29) is 29.2 Å². The lowest BCUT2D eigenvalue weighted by Gasteiger charge is -2.21. The van der Waals surface area contributed by atoms with Gasteiger partial charge < -0.3 is 19.7 Å². The molecule has 0 saturated carbocycles. The first kappa shape index (κ1) is 20.7. The van der Waals surface area contributed by atoms with E-state index in [1.54, 1.807) is 32.4 Å². The number of rotatable bonds is 6. The second-order valence-corrected chi connectivity index (χ2v) is 8.02. The Morgan fingerprint density at radius 1 is 1.17 bits per heavy atom. The van der Waals surface area contributed by atoms with Crippen LogP contribution < -0.4 is 10.1 Å². The molecule has 2 amide bonds. The summed E-state index contributed by atoms with van der Waals surface area (Å²) >= 11 is 1.43. The van der Waals surface area contributed by atoms with Gasteiger partial charge in [-0.25, -0.2) is 4.79 Å². The zero-order valence-electron chi connectivity index (χ0n) is 16.4. The molecule has 0 fully saturated rings. The van der Waals surface area contributed by atoms with E-state index in [2.05, 4.69) is 5.32 Å². The monoisotopic (exact) mass is 414 g/mol. The number of anilines is 1. The molecule has 0 aliphatic carbocycles. The maximum absolute atomic E-state index is 12.3. The van der Waals surface area contributed by atoms with Gasteiger partial charge in [0.2, 0.25) is 5.91 Å². The quantitative estimate of drug-likeness (QED) is 0.732. The minimum absolute atomic E-state index is 0.108. The van der Waals surface area contributed by atoms with Crippen molar-refractivity contribution < 1.29 is 23.9 Å². The third kappa shape index (κ3) is 5.08. The van der Waals surface area contributed by atoms with E-state index in [1.807, 2.05) is 31.2 Å². The number of methoxy groups -OCH3 is 1. The molecule has 0 radical (unpaired) electrons. The molecule has 7 nitrogen and oxygen atoms in total. The van der Waals surface area contributed by atoms with Crippen LogP contribution in [0.4, 0.5) is 5.69 Å². The molecule has 1 N–H and O–H groups in total. The smallest absolute Gasteiger partial charge is 0.338 e. The number of carbonyl (C=O) groups is 3. The molecule has 29 heavy (non-hydrogen) atoms. The van der Waals surface area contributed by atoms with Gasteiger partial charge in [-0.3, -0.25) is 9.59 Å². The number of nitrogens with one attached hydrogen (secondary N) is 1. The number of fused-ring (bicyclic) bond motifs is 1. The first-order valence-corrected chi connectivity index (χ1v) is 9.91. The summed E-state index contributed by atoms with van der Waals surface area (Å²) in [7, 11) is 3.24. The van der Waals surface area contributed by atoms with E-state index in [4.69, 9.17) is 9.47 Å². The van der Waals surface area contributed by atoms with Crippen molar-refractivity contribution in [2.45, 2.75) is 23.6 Å². The molecule has 0 unspecified atom stereocenters. The molecule has 1 heterocycles. The number of benzene rings is 2. The van der Waals surface area contributed by atoms with Crippen molar-refractivity contribution in [1.82, 2.24) is 4.90 Å². The number of hydrogen-bond donors (Lipinski definition) is 1. The molecular formula is C21H22N2O5S. The van der Waals surface area contributed by atoms with E-state index in [0.29, 0.717) is 12.2 Å². The SMILES string of the molecule is COc1ccc(CN(C)C(=O)COC(=O)c2ccc3c(c2)NC(=O)[C@H](C)S3)cc1. The van der Waals surface area contributed by atoms with Crippen molar-refractivity contribution in [3.63, 3.8) is 0 Å². The van der Waals surface area contributed by atoms with E-state index >= 15 is 0 Å². The van der Waals surface area contributed by atoms with Gasteiger partial charge in [-0.1, -0.05) is 12.1 Å². The van der Waals surface area contributed by atoms with Crippen LogP contribution in [0.25, 0.3) is 0 Å². The van der Waals surface area contributed by atoms with Gasteiger partial charge in [0.05, 0.1) is 23.6 Å². The fourth-order valence-electron chi connectivity index (χ4n) is 2.75. The van der Waals surface area contributed by atoms with Crippen molar-refractivity contribution in [2.24, 2.45) is 0 Å². The van der Waals surface area contributed by atoms with Crippen LogP contribution in [0.3, 0.4) is 0 Å². The van der Waals surface area contributed by atoms with Crippen molar-refractivity contribution in [1.29, 1.82) is 0 Å². The van der Waals surface area contributed by atoms with Crippen molar-refractivity contribution in [3.8, 4) is 5.75 Å². The van der Waals surface area contributed by atoms with Crippen molar-refractivity contribution in [3.05, 3.63) is 53.6 Å². The average molecular weight is 414 g/mol. The van der Waals surface area contributed by atoms with E-state index in [0.717, 1.165) is 16.2 Å². The maximum atomic E-state index is 12.3. The van der Waals surface area contributed by atoms with Crippen molar-refractivity contribution >= 4 is 35.2 Å². The zero-order valence-corrected chi connectivity index (χ0v) is 17.2. The van der Waals surface area contributed by atoms with Crippen LogP contribution in [0.15, 0.2) is 47.4 Å². The largest absolute Gasteiger partial charge is 0.497 e. The summed E-state index contributed by atoms with van der Waals surface area (Å²) in [6.07, 6.45) is 0. The van der Waals surface area contributed by atoms with Crippen LogP contribution in [-0.4, -0.2) is 48.7 Å². The Labute approximate surface area is 173 Å². The number of ether oxygens (including phenoxy) is 2. The van der Waals surface area contributed by atoms with Gasteiger partial charge in [-0.15, -0.1) is 11.8 Å². The minimum Gasteiger partial charge on any atom is -0.497 e. The predicted molar refractivity (Wildman–Crippen MR) is 110 cm³/mol. The third-order valence-corrected chi connectivity index (χ3v) is 5.65. The number of nitrogens with zero attached hydrogens (tertiary/aromatic N) is 1. The summed E-state index contributed by atoms with van der Waals surface area (Å²) in [5.74, 6) is -0.296. The number of hydrogen-bond acceptors (Lipinski definition) is 6. The summed E-state index contributed by atoms with van der Waals surface area (Å²) in [5.41, 5.74) is 1.80. The topological polar surface area (TPSA) is 84.9 Å². The van der Waals surface area contributed by atoms with Crippen LogP contribution in [0, 0.1) is 0 Å². The molecule has 1 aliphatic heterocycles. The number of esters is 1. The fourth-order valence-corrected chi connectivity index (χ4v) is 3.68. The molecule has 3 rings (SSSR count). The molecule has 0 bridgehead atoms. The molecule has 0 saturated heterocycles. The summed E-state index contributed by atoms with van der Waals surface area (Å²) in [6, 6.07) is 12.3. The van der Waals surface area contributed by atoms with E-state index in [1.165, 1.54) is 16.7 Å². The molecule has 0 aromatic heterocycles. The van der Waals surface area contributed by atoms with Crippen LogP contribution in [0.2, 0.25) is 0 Å². The standard InChI is InChI=1S/C21H22N2O5S/c1-13-20(25)22-17-10-15(6-9-18(17)29-13)21(26)28-12-19(24)23(2)11-14-4-7-16(27-3)8-5-14/h4-10,13H,11-12H2,1-3H3,(H,22,25)/t13-/m0/s1. The first-order chi connectivity index (χ1) is 13.9. The second-order valence-electron chi connectivity index (χ2n) is 6.63. The lowest BCUT2D eigenvalue weighted by Crippen LogP contribution is -2.31. The Kier molecular flexibility index (Phi) is 6.43. The Morgan fingerprint density at radius 2 is 1.90 bits per heavy atom. The Balaban J connectivity index is 1.55. The molecule has 8 heteroatoms. The highest BCUT2D eigenvalue weighted by atomic mass is 32.2. The Bertz CT molecular complexity index is 929. The van der Waals surface area contributed by atoms with Gasteiger partial charge in [0.1, 0.15) is 5.75 Å². The highest BCUT2D eigenvalue weighted by Gasteiger charge is 2.24. The normalized spacial score (nSPS) is 15.1. The van der Waals surface area contributed by atoms with Gasteiger partial charge in [-0.05, 0) is 42.8 Å². The maximum Gasteiger partial charge on any atom is 0.338 e. The number of thioether (sulfide) groups is 1. The summed E-state index contributed by atoms with van der Waals surface area (Å²) in [5, 5.41) is 2.59. The fraction of sp³-hybridized carbons (Fsp3) is 0.286. The van der Waals surface area contributed by atoms with Gasteiger partial charge in [0, 0.05) is 18.5 Å². The highest BCUT2D eigenvalue weighted by Crippen LogP contribution is 2.36. The second kappa shape index (κ2) is 9.00. The van der Waals surface area contributed by atoms with Crippen LogP contribution in [0.1, 0.15) is 22.8 Å². The summed E-state index contributed by atoms with van der Waals surface area (Å²) < 4.78 is 10.3. The average Bonchev–Trinajstić information content (AvgIpc) is 2.72. The lowest BCUT2D eigenvalue weighted by atomic mass is 10.2. The first-order valence-electron chi connectivity index (χ1n) is 9.03. The van der Waals surface area contributed by atoms with Crippen LogP contribution in [0.5, 0.6) is 5.75 Å². The van der Waals surface area contributed by atoms with Gasteiger partial charge in [-0.2, -0.15) is 0 Å². The molecule has 2 aromatic rings. The van der Waals surface area contributed by atoms with Gasteiger partial charge >= 0.3 is 5.97 Å². The molecule has 152 valence electrons. The molecule has 1 atom stereocenters. The van der Waals surface area contributed by atoms with Gasteiger partial charge in [0.25, 0.3) is 5.91 Å². The summed E-state index contributed by atoms with van der Waals surface area (Å²) in [6.45, 7) is 1.85. The van der Waals surface area contributed by atoms with E-state index in [9.17, 15) is 14.4 Å². The zero-order chi connectivity index (χ0) is 21.0. The van der Waals surface area contributed by atoms with Crippen LogP contribution in [-0.2, 0) is 20.9 Å². The summed E-state index contributed by atoms with van der Waals surface area (Å²) in [4.78, 5) is 38.8. The number of likely N-dealkylation sites (N-methyl/N-ethyl adjacent to an activating group) is 1. The predicted octanol–water partition coefficient (Wildman–Crippen LogP) is 2.94. The molecule has 2 aromatic carbocycles. The van der Waals surface area contributed by atoms with Gasteiger partial charge in [0.15, 0.2) is 6.61 Å².